The van der Waals surface area contributed by atoms with E-state index in [1.165, 1.54) is 0 Å². The molecule has 1 heterocycles. The fourth-order valence-corrected chi connectivity index (χ4v) is 0.668. The van der Waals surface area contributed by atoms with Crippen molar-refractivity contribution in [2.75, 3.05) is 0 Å². The van der Waals surface area contributed by atoms with Gasteiger partial charge in [0, 0.05) is 6.20 Å². The predicted molar refractivity (Wildman–Crippen MR) is 32.8 cm³/mol. The lowest BCUT2D eigenvalue weighted by molar-refractivity contribution is 0.880. The normalized spacial score (nSPS) is 9.75. The largest absolute Gasteiger partial charge is 0.323 e. The Bertz CT molecular complexity index is 171. The Hall–Kier alpha value is -0.500. The molecule has 0 radical (unpaired) electrons. The average molecular weight is 131 g/mol. The summed E-state index contributed by atoms with van der Waals surface area (Å²) in [6.45, 7) is 1.93. The maximum Gasteiger partial charge on any atom is 0.0980 e. The number of hydrogen-bond donors (Lipinski definition) is 0. The molecule has 0 aliphatic carbocycles. The lowest BCUT2D eigenvalue weighted by atomic mass is 10.6. The van der Waals surface area contributed by atoms with E-state index in [1.54, 1.807) is 6.33 Å². The number of rotatable bonds is 1. The zero-order chi connectivity index (χ0) is 5.98. The van der Waals surface area contributed by atoms with Crippen molar-refractivity contribution in [3.05, 3.63) is 18.2 Å². The minimum atomic E-state index is 0.487. The number of nitrogens with zero attached hydrogens (tertiary/aromatic N) is 2. The number of alkyl halides is 1. The van der Waals surface area contributed by atoms with Crippen molar-refractivity contribution >= 4 is 11.6 Å². The van der Waals surface area contributed by atoms with Crippen LogP contribution in [0, 0.1) is 6.92 Å². The molecule has 44 valence electrons. The van der Waals surface area contributed by atoms with Crippen LogP contribution in [0.25, 0.3) is 0 Å². The fourth-order valence-electron chi connectivity index (χ4n) is 0.537. The van der Waals surface area contributed by atoms with E-state index in [2.05, 4.69) is 4.98 Å². The molecule has 1 aromatic heterocycles. The maximum atomic E-state index is 5.46. The molecule has 0 aliphatic heterocycles. The molecule has 1 rings (SSSR count). The zero-order valence-corrected chi connectivity index (χ0v) is 5.39. The smallest absolute Gasteiger partial charge is 0.0980 e. The molecule has 3 heteroatoms. The Kier molecular flexibility index (Phi) is 1.53. The quantitative estimate of drug-likeness (QED) is 0.526. The molecule has 0 spiro atoms. The van der Waals surface area contributed by atoms with Gasteiger partial charge in [-0.1, -0.05) is 0 Å². The van der Waals surface area contributed by atoms with Crippen molar-refractivity contribution in [2.45, 2.75) is 12.9 Å². The highest BCUT2D eigenvalue weighted by molar-refractivity contribution is 6.15. The highest BCUT2D eigenvalue weighted by Crippen LogP contribution is 1.93. The first-order valence-corrected chi connectivity index (χ1v) is 2.90. The van der Waals surface area contributed by atoms with E-state index in [1.807, 2.05) is 17.7 Å². The zero-order valence-electron chi connectivity index (χ0n) is 4.63. The average Bonchev–Trinajstić information content (AvgIpc) is 2.14. The van der Waals surface area contributed by atoms with Gasteiger partial charge in [0.25, 0.3) is 0 Å². The van der Waals surface area contributed by atoms with Crippen molar-refractivity contribution in [3.8, 4) is 0 Å². The number of imidazole rings is 1. The summed E-state index contributed by atoms with van der Waals surface area (Å²) >= 11 is 5.46. The fraction of sp³-hybridized carbons (Fsp3) is 0.400. The van der Waals surface area contributed by atoms with E-state index in [-0.39, 0.29) is 0 Å². The first kappa shape index (κ1) is 5.63. The predicted octanol–water partition coefficient (Wildman–Crippen LogP) is 1.39. The molecular weight excluding hydrogens is 124 g/mol. The van der Waals surface area contributed by atoms with Gasteiger partial charge in [0.05, 0.1) is 18.0 Å². The second-order valence-electron chi connectivity index (χ2n) is 1.65. The molecule has 0 saturated carbocycles. The number of aromatic nitrogens is 2. The first-order chi connectivity index (χ1) is 3.83. The van der Waals surface area contributed by atoms with Crippen LogP contribution in [0.3, 0.4) is 0 Å². The Morgan fingerprint density at radius 2 is 2.62 bits per heavy atom. The van der Waals surface area contributed by atoms with Gasteiger partial charge in [0.1, 0.15) is 0 Å². The molecule has 0 amide bonds. The molecule has 0 bridgehead atoms. The minimum absolute atomic E-state index is 0.487. The summed E-state index contributed by atoms with van der Waals surface area (Å²) in [5, 5.41) is 0. The van der Waals surface area contributed by atoms with Crippen LogP contribution in [0.2, 0.25) is 0 Å². The van der Waals surface area contributed by atoms with E-state index < -0.39 is 0 Å². The van der Waals surface area contributed by atoms with Crippen LogP contribution in [0.1, 0.15) is 5.69 Å². The van der Waals surface area contributed by atoms with Gasteiger partial charge in [0.2, 0.25) is 0 Å². The number of aryl methyl sites for hydroxylation is 1. The van der Waals surface area contributed by atoms with Gasteiger partial charge in [0.15, 0.2) is 0 Å². The second kappa shape index (κ2) is 2.18. The molecule has 0 atom stereocenters. The Labute approximate surface area is 53.1 Å². The monoisotopic (exact) mass is 130 g/mol. The van der Waals surface area contributed by atoms with E-state index >= 15 is 0 Å². The van der Waals surface area contributed by atoms with Crippen molar-refractivity contribution < 1.29 is 0 Å². The molecule has 0 N–H and O–H groups in total. The van der Waals surface area contributed by atoms with Crippen LogP contribution in [-0.2, 0) is 6.00 Å². The van der Waals surface area contributed by atoms with Gasteiger partial charge in [-0.15, -0.1) is 11.6 Å². The van der Waals surface area contributed by atoms with Crippen molar-refractivity contribution in [3.63, 3.8) is 0 Å². The summed E-state index contributed by atoms with van der Waals surface area (Å²) in [6.07, 6.45) is 3.61. The summed E-state index contributed by atoms with van der Waals surface area (Å²) in [5.41, 5.74) is 1.01. The van der Waals surface area contributed by atoms with Gasteiger partial charge < -0.3 is 4.57 Å². The van der Waals surface area contributed by atoms with E-state index in [4.69, 9.17) is 11.6 Å². The molecule has 0 saturated heterocycles. The van der Waals surface area contributed by atoms with E-state index in [0.717, 1.165) is 5.69 Å². The first-order valence-electron chi connectivity index (χ1n) is 2.37. The molecule has 2 nitrogen and oxygen atoms in total. The lowest BCUT2D eigenvalue weighted by Gasteiger charge is -1.86. The summed E-state index contributed by atoms with van der Waals surface area (Å²) in [4.78, 5) is 3.97. The lowest BCUT2D eigenvalue weighted by Crippen LogP contribution is -1.83. The van der Waals surface area contributed by atoms with Crippen LogP contribution >= 0.6 is 11.6 Å². The third kappa shape index (κ3) is 1.01. The van der Waals surface area contributed by atoms with Gasteiger partial charge in [-0.3, -0.25) is 0 Å². The van der Waals surface area contributed by atoms with Crippen molar-refractivity contribution in [1.29, 1.82) is 0 Å². The van der Waals surface area contributed by atoms with Crippen molar-refractivity contribution in [2.24, 2.45) is 0 Å². The number of halogens is 1. The van der Waals surface area contributed by atoms with Gasteiger partial charge in [-0.2, -0.15) is 0 Å². The summed E-state index contributed by atoms with van der Waals surface area (Å²) in [7, 11) is 0. The summed E-state index contributed by atoms with van der Waals surface area (Å²) in [5.74, 6) is 0. The summed E-state index contributed by atoms with van der Waals surface area (Å²) < 4.78 is 1.82. The SMILES string of the molecule is Cc1cn(CCl)cn1. The standard InChI is InChI=1S/C5H7ClN2/c1-5-2-8(3-6)4-7-5/h2,4H,3H2,1H3. The highest BCUT2D eigenvalue weighted by Gasteiger charge is 1.87. The molecule has 0 aromatic carbocycles. The van der Waals surface area contributed by atoms with Crippen LogP contribution in [0.4, 0.5) is 0 Å². The van der Waals surface area contributed by atoms with E-state index in [9.17, 15) is 0 Å². The molecule has 0 aliphatic rings. The molecular formula is C5H7ClN2. The number of hydrogen-bond acceptors (Lipinski definition) is 1. The van der Waals surface area contributed by atoms with Crippen LogP contribution < -0.4 is 0 Å². The minimum Gasteiger partial charge on any atom is -0.323 e. The van der Waals surface area contributed by atoms with Crippen molar-refractivity contribution in [1.82, 2.24) is 9.55 Å². The topological polar surface area (TPSA) is 17.8 Å². The summed E-state index contributed by atoms with van der Waals surface area (Å²) in [6, 6.07) is 0.487. The molecule has 1 aromatic rings. The maximum absolute atomic E-state index is 5.46. The highest BCUT2D eigenvalue weighted by atomic mass is 35.5. The van der Waals surface area contributed by atoms with Crippen LogP contribution in [0.5, 0.6) is 0 Å². The Balaban J connectivity index is 2.84. The Morgan fingerprint density at radius 3 is 2.88 bits per heavy atom. The van der Waals surface area contributed by atoms with Gasteiger partial charge in [-0.05, 0) is 6.92 Å². The molecule has 8 heavy (non-hydrogen) atoms. The van der Waals surface area contributed by atoms with Gasteiger partial charge >= 0.3 is 0 Å². The second-order valence-corrected chi connectivity index (χ2v) is 1.89. The Morgan fingerprint density at radius 1 is 1.88 bits per heavy atom. The third-order valence-corrected chi connectivity index (χ3v) is 1.18. The van der Waals surface area contributed by atoms with Crippen LogP contribution in [0.15, 0.2) is 12.5 Å². The molecule has 0 fully saturated rings. The van der Waals surface area contributed by atoms with Crippen LogP contribution in [-0.4, -0.2) is 9.55 Å². The van der Waals surface area contributed by atoms with Gasteiger partial charge in [-0.25, -0.2) is 4.98 Å². The molecule has 0 unspecified atom stereocenters. The third-order valence-electron chi connectivity index (χ3n) is 0.900. The van der Waals surface area contributed by atoms with E-state index in [0.29, 0.717) is 6.00 Å².